The number of nitrogens with two attached hydrogens (primary N) is 1. The summed E-state index contributed by atoms with van der Waals surface area (Å²) in [6, 6.07) is 5.20. The number of anilines is 1. The maximum atomic E-state index is 11.3. The van der Waals surface area contributed by atoms with Crippen molar-refractivity contribution in [1.82, 2.24) is 9.97 Å². The van der Waals surface area contributed by atoms with Crippen LogP contribution in [-0.4, -0.2) is 23.1 Å². The molecule has 0 spiro atoms. The average Bonchev–Trinajstić information content (AvgIpc) is 2.96. The quantitative estimate of drug-likeness (QED) is 0.903. The van der Waals surface area contributed by atoms with Crippen molar-refractivity contribution in [3.63, 3.8) is 0 Å². The van der Waals surface area contributed by atoms with Crippen LogP contribution in [0.4, 0.5) is 10.5 Å². The van der Waals surface area contributed by atoms with Crippen molar-refractivity contribution in [3.05, 3.63) is 35.7 Å². The fourth-order valence-corrected chi connectivity index (χ4v) is 2.74. The van der Waals surface area contributed by atoms with Gasteiger partial charge in [0.1, 0.15) is 6.33 Å². The highest BCUT2D eigenvalue weighted by Crippen LogP contribution is 2.37. The van der Waals surface area contributed by atoms with Crippen LogP contribution >= 0.6 is 0 Å². The van der Waals surface area contributed by atoms with Crippen LogP contribution in [0.5, 0.6) is 5.88 Å². The van der Waals surface area contributed by atoms with Crippen molar-refractivity contribution in [1.29, 1.82) is 0 Å². The molecule has 108 valence electrons. The molecule has 0 unspecified atom stereocenters. The van der Waals surface area contributed by atoms with Crippen molar-refractivity contribution < 1.29 is 9.53 Å². The lowest BCUT2D eigenvalue weighted by atomic mass is 10.0. The Labute approximate surface area is 122 Å². The van der Waals surface area contributed by atoms with Gasteiger partial charge in [-0.15, -0.1) is 0 Å². The van der Waals surface area contributed by atoms with E-state index in [-0.39, 0.29) is 0 Å². The number of ether oxygens (including phenoxy) is 1. The predicted octanol–water partition coefficient (Wildman–Crippen LogP) is 2.13. The first kappa shape index (κ1) is 13.4. The molecule has 2 aromatic rings. The maximum absolute atomic E-state index is 11.3. The van der Waals surface area contributed by atoms with Crippen molar-refractivity contribution in [2.24, 2.45) is 5.73 Å². The molecule has 1 aliphatic carbocycles. The second-order valence-corrected chi connectivity index (χ2v) is 4.91. The molecule has 2 amide bonds. The van der Waals surface area contributed by atoms with Gasteiger partial charge in [0.25, 0.3) is 0 Å². The van der Waals surface area contributed by atoms with Gasteiger partial charge in [0.05, 0.1) is 18.5 Å². The number of aromatic nitrogens is 2. The summed E-state index contributed by atoms with van der Waals surface area (Å²) in [5.41, 5.74) is 9.98. The number of methoxy groups -OCH3 is 1. The van der Waals surface area contributed by atoms with Crippen LogP contribution in [-0.2, 0) is 12.8 Å². The van der Waals surface area contributed by atoms with Crippen molar-refractivity contribution in [3.8, 4) is 17.1 Å². The van der Waals surface area contributed by atoms with Gasteiger partial charge in [0.15, 0.2) is 0 Å². The second-order valence-electron chi connectivity index (χ2n) is 4.91. The topological polar surface area (TPSA) is 90.1 Å². The average molecular weight is 284 g/mol. The minimum Gasteiger partial charge on any atom is -0.481 e. The number of fused-ring (bicyclic) bond motifs is 1. The SMILES string of the molecule is COc1cc(-c2ccc3c(c2NC(N)=O)CCC3)ncn1. The third-order valence-corrected chi connectivity index (χ3v) is 3.66. The monoisotopic (exact) mass is 284 g/mol. The molecule has 0 saturated heterocycles. The number of nitrogens with zero attached hydrogens (tertiary/aromatic N) is 2. The van der Waals surface area contributed by atoms with Gasteiger partial charge in [-0.05, 0) is 30.4 Å². The number of urea groups is 1. The Morgan fingerprint density at radius 1 is 1.33 bits per heavy atom. The zero-order valence-corrected chi connectivity index (χ0v) is 11.7. The molecule has 3 N–H and O–H groups in total. The summed E-state index contributed by atoms with van der Waals surface area (Å²) in [7, 11) is 1.55. The first-order valence-electron chi connectivity index (χ1n) is 6.76. The molecule has 0 aliphatic heterocycles. The van der Waals surface area contributed by atoms with E-state index in [4.69, 9.17) is 10.5 Å². The van der Waals surface area contributed by atoms with Crippen LogP contribution < -0.4 is 15.8 Å². The fourth-order valence-electron chi connectivity index (χ4n) is 2.74. The summed E-state index contributed by atoms with van der Waals surface area (Å²) in [5.74, 6) is 0.477. The number of amides is 2. The molecular formula is C15H16N4O2. The Kier molecular flexibility index (Phi) is 3.43. The zero-order valence-electron chi connectivity index (χ0n) is 11.7. The van der Waals surface area contributed by atoms with Crippen LogP contribution in [0.2, 0.25) is 0 Å². The van der Waals surface area contributed by atoms with Gasteiger partial charge in [-0.25, -0.2) is 14.8 Å². The molecule has 0 atom stereocenters. The lowest BCUT2D eigenvalue weighted by Crippen LogP contribution is -2.21. The number of rotatable bonds is 3. The molecule has 1 aromatic heterocycles. The van der Waals surface area contributed by atoms with E-state index >= 15 is 0 Å². The number of hydrogen-bond acceptors (Lipinski definition) is 4. The largest absolute Gasteiger partial charge is 0.481 e. The highest BCUT2D eigenvalue weighted by Gasteiger charge is 2.20. The van der Waals surface area contributed by atoms with Gasteiger partial charge < -0.3 is 15.8 Å². The van der Waals surface area contributed by atoms with E-state index in [1.54, 1.807) is 13.2 Å². The Morgan fingerprint density at radius 2 is 2.19 bits per heavy atom. The van der Waals surface area contributed by atoms with Crippen molar-refractivity contribution in [2.75, 3.05) is 12.4 Å². The summed E-state index contributed by atoms with van der Waals surface area (Å²) < 4.78 is 5.13. The van der Waals surface area contributed by atoms with E-state index in [1.165, 1.54) is 11.9 Å². The number of nitrogens with one attached hydrogen (secondary N) is 1. The Morgan fingerprint density at radius 3 is 2.95 bits per heavy atom. The molecule has 1 aliphatic rings. The van der Waals surface area contributed by atoms with Gasteiger partial charge >= 0.3 is 6.03 Å². The summed E-state index contributed by atoms with van der Waals surface area (Å²) in [5, 5.41) is 2.75. The summed E-state index contributed by atoms with van der Waals surface area (Å²) in [4.78, 5) is 19.6. The van der Waals surface area contributed by atoms with Gasteiger partial charge in [-0.2, -0.15) is 0 Å². The Hall–Kier alpha value is -2.63. The standard InChI is InChI=1S/C15H16N4O2/c1-21-13-7-12(17-8-18-13)11-6-5-9-3-2-4-10(9)14(11)19-15(16)20/h5-8H,2-4H2,1H3,(H3,16,19,20). The molecule has 1 aromatic carbocycles. The van der Waals surface area contributed by atoms with Gasteiger partial charge in [-0.1, -0.05) is 12.1 Å². The highest BCUT2D eigenvalue weighted by atomic mass is 16.5. The third kappa shape index (κ3) is 2.52. The predicted molar refractivity (Wildman–Crippen MR) is 79.3 cm³/mol. The van der Waals surface area contributed by atoms with E-state index in [2.05, 4.69) is 21.4 Å². The molecule has 0 radical (unpaired) electrons. The van der Waals surface area contributed by atoms with E-state index in [0.29, 0.717) is 11.6 Å². The Bertz CT molecular complexity index is 700. The van der Waals surface area contributed by atoms with E-state index in [9.17, 15) is 4.79 Å². The molecule has 1 heterocycles. The molecule has 21 heavy (non-hydrogen) atoms. The summed E-state index contributed by atoms with van der Waals surface area (Å²) in [6.07, 6.45) is 4.48. The van der Waals surface area contributed by atoms with E-state index in [1.807, 2.05) is 6.07 Å². The van der Waals surface area contributed by atoms with E-state index in [0.717, 1.165) is 36.1 Å². The molecular weight excluding hydrogens is 268 g/mol. The molecule has 0 fully saturated rings. The molecule has 6 nitrogen and oxygen atoms in total. The number of primary amides is 1. The molecule has 6 heteroatoms. The zero-order chi connectivity index (χ0) is 14.8. The smallest absolute Gasteiger partial charge is 0.316 e. The van der Waals surface area contributed by atoms with Crippen molar-refractivity contribution >= 4 is 11.7 Å². The van der Waals surface area contributed by atoms with Gasteiger partial charge in [0.2, 0.25) is 5.88 Å². The summed E-state index contributed by atoms with van der Waals surface area (Å²) >= 11 is 0. The van der Waals surface area contributed by atoms with Crippen LogP contribution in [0.25, 0.3) is 11.3 Å². The Balaban J connectivity index is 2.15. The van der Waals surface area contributed by atoms with Crippen LogP contribution in [0.15, 0.2) is 24.5 Å². The minimum absolute atomic E-state index is 0.477. The van der Waals surface area contributed by atoms with Crippen LogP contribution in [0, 0.1) is 0 Å². The number of benzene rings is 1. The first-order valence-corrected chi connectivity index (χ1v) is 6.76. The maximum Gasteiger partial charge on any atom is 0.316 e. The summed E-state index contributed by atoms with van der Waals surface area (Å²) in [6.45, 7) is 0. The first-order chi connectivity index (χ1) is 10.2. The third-order valence-electron chi connectivity index (χ3n) is 3.66. The minimum atomic E-state index is -0.572. The number of aryl methyl sites for hydroxylation is 1. The van der Waals surface area contributed by atoms with Gasteiger partial charge in [-0.3, -0.25) is 0 Å². The normalized spacial score (nSPS) is 12.8. The fraction of sp³-hybridized carbons (Fsp3) is 0.267. The number of hydrogen-bond donors (Lipinski definition) is 2. The highest BCUT2D eigenvalue weighted by molar-refractivity contribution is 5.95. The second kappa shape index (κ2) is 5.40. The lowest BCUT2D eigenvalue weighted by molar-refractivity contribution is 0.259. The number of carbonyl (C=O) groups excluding carboxylic acids is 1. The van der Waals surface area contributed by atoms with E-state index < -0.39 is 6.03 Å². The molecule has 3 rings (SSSR count). The van der Waals surface area contributed by atoms with Crippen molar-refractivity contribution in [2.45, 2.75) is 19.3 Å². The van der Waals surface area contributed by atoms with Gasteiger partial charge in [0, 0.05) is 11.6 Å². The van der Waals surface area contributed by atoms with Crippen LogP contribution in [0.3, 0.4) is 0 Å². The molecule has 0 bridgehead atoms. The lowest BCUT2D eigenvalue weighted by Gasteiger charge is -2.14. The van der Waals surface area contributed by atoms with Crippen LogP contribution in [0.1, 0.15) is 17.5 Å². The molecule has 0 saturated carbocycles. The number of carbonyl (C=O) groups is 1.